The van der Waals surface area contributed by atoms with Crippen molar-refractivity contribution in [2.75, 3.05) is 18.4 Å². The van der Waals surface area contributed by atoms with Gasteiger partial charge in [-0.15, -0.1) is 0 Å². The topological polar surface area (TPSA) is 130 Å². The van der Waals surface area contributed by atoms with Gasteiger partial charge in [-0.2, -0.15) is 0 Å². The molecule has 28 heavy (non-hydrogen) atoms. The standard InChI is InChI=1S/C19H22N6O3/c1-2-15(26)25-7-3-4-11(9-25)23-16-12-5-6-21-18(12)22-8-13(16)19-24-14(10-28-19)17(20)27/h5-6,8,10-11H,2-4,7,9H2,1H3,(H2,20,27)(H2,21,22,23)/t11-/m1/s1. The van der Waals surface area contributed by atoms with Crippen molar-refractivity contribution >= 4 is 28.5 Å². The number of anilines is 1. The van der Waals surface area contributed by atoms with Crippen LogP contribution in [0.1, 0.15) is 36.7 Å². The minimum atomic E-state index is -0.652. The quantitative estimate of drug-likeness (QED) is 0.620. The van der Waals surface area contributed by atoms with Crippen molar-refractivity contribution in [2.24, 2.45) is 5.73 Å². The summed E-state index contributed by atoms with van der Waals surface area (Å²) in [6.07, 6.45) is 7.08. The van der Waals surface area contributed by atoms with E-state index in [0.29, 0.717) is 18.5 Å². The summed E-state index contributed by atoms with van der Waals surface area (Å²) in [5, 5.41) is 4.44. The lowest BCUT2D eigenvalue weighted by molar-refractivity contribution is -0.131. The Morgan fingerprint density at radius 1 is 1.46 bits per heavy atom. The number of rotatable bonds is 5. The van der Waals surface area contributed by atoms with Gasteiger partial charge in [0.1, 0.15) is 11.9 Å². The second-order valence-corrected chi connectivity index (χ2v) is 6.87. The number of carbonyl (C=O) groups is 2. The highest BCUT2D eigenvalue weighted by Crippen LogP contribution is 2.34. The first-order valence-corrected chi connectivity index (χ1v) is 9.33. The second kappa shape index (κ2) is 7.34. The SMILES string of the molecule is CCC(=O)N1CCC[C@@H](Nc2c(-c3nc(C(N)=O)co3)cnc3[nH]ccc23)C1. The molecule has 2 amide bonds. The van der Waals surface area contributed by atoms with E-state index in [1.165, 1.54) is 6.26 Å². The molecule has 0 aromatic carbocycles. The molecule has 9 nitrogen and oxygen atoms in total. The van der Waals surface area contributed by atoms with Crippen LogP contribution in [0.5, 0.6) is 0 Å². The maximum absolute atomic E-state index is 12.1. The minimum Gasteiger partial charge on any atom is -0.443 e. The van der Waals surface area contributed by atoms with Crippen molar-refractivity contribution in [3.63, 3.8) is 0 Å². The van der Waals surface area contributed by atoms with Crippen molar-refractivity contribution in [1.82, 2.24) is 19.9 Å². The Morgan fingerprint density at radius 3 is 3.07 bits per heavy atom. The van der Waals surface area contributed by atoms with E-state index < -0.39 is 5.91 Å². The van der Waals surface area contributed by atoms with Gasteiger partial charge in [-0.05, 0) is 18.9 Å². The van der Waals surface area contributed by atoms with E-state index in [0.717, 1.165) is 36.1 Å². The molecule has 0 unspecified atom stereocenters. The third-order valence-electron chi connectivity index (χ3n) is 5.00. The third-order valence-corrected chi connectivity index (χ3v) is 5.00. The molecule has 0 spiro atoms. The molecule has 146 valence electrons. The molecule has 1 aliphatic rings. The maximum atomic E-state index is 12.1. The van der Waals surface area contributed by atoms with Crippen LogP contribution in [0, 0.1) is 0 Å². The molecule has 3 aromatic heterocycles. The van der Waals surface area contributed by atoms with Crippen molar-refractivity contribution in [3.05, 3.63) is 30.4 Å². The van der Waals surface area contributed by atoms with Gasteiger partial charge in [-0.25, -0.2) is 9.97 Å². The van der Waals surface area contributed by atoms with Crippen LogP contribution < -0.4 is 11.1 Å². The van der Waals surface area contributed by atoms with Crippen LogP contribution in [0.25, 0.3) is 22.5 Å². The second-order valence-electron chi connectivity index (χ2n) is 6.87. The predicted octanol–water partition coefficient (Wildman–Crippen LogP) is 2.13. The zero-order chi connectivity index (χ0) is 19.7. The summed E-state index contributed by atoms with van der Waals surface area (Å²) >= 11 is 0. The Kier molecular flexibility index (Phi) is 4.72. The number of H-pyrrole nitrogens is 1. The summed E-state index contributed by atoms with van der Waals surface area (Å²) in [7, 11) is 0. The number of hydrogen-bond acceptors (Lipinski definition) is 6. The van der Waals surface area contributed by atoms with E-state index in [2.05, 4.69) is 20.3 Å². The fourth-order valence-electron chi connectivity index (χ4n) is 3.59. The van der Waals surface area contributed by atoms with Gasteiger partial charge in [0.2, 0.25) is 11.8 Å². The van der Waals surface area contributed by atoms with Gasteiger partial charge in [0.25, 0.3) is 5.91 Å². The summed E-state index contributed by atoms with van der Waals surface area (Å²) in [5.41, 5.74) is 7.52. The molecule has 1 saturated heterocycles. The molecule has 0 radical (unpaired) electrons. The first-order valence-electron chi connectivity index (χ1n) is 9.33. The normalized spacial score (nSPS) is 17.0. The Morgan fingerprint density at radius 2 is 2.32 bits per heavy atom. The largest absolute Gasteiger partial charge is 0.443 e. The highest BCUT2D eigenvalue weighted by molar-refractivity contribution is 5.97. The molecule has 1 fully saturated rings. The fraction of sp³-hybridized carbons (Fsp3) is 0.368. The minimum absolute atomic E-state index is 0.0625. The molecule has 0 aliphatic carbocycles. The van der Waals surface area contributed by atoms with Crippen molar-refractivity contribution in [1.29, 1.82) is 0 Å². The van der Waals surface area contributed by atoms with Gasteiger partial charge in [-0.1, -0.05) is 6.92 Å². The molecule has 4 rings (SSSR count). The average Bonchev–Trinajstić information content (AvgIpc) is 3.37. The van der Waals surface area contributed by atoms with Crippen molar-refractivity contribution in [3.8, 4) is 11.5 Å². The smallest absolute Gasteiger partial charge is 0.270 e. The van der Waals surface area contributed by atoms with Crippen LogP contribution in [0.3, 0.4) is 0 Å². The molecule has 4 heterocycles. The van der Waals surface area contributed by atoms with Crippen molar-refractivity contribution < 1.29 is 14.0 Å². The van der Waals surface area contributed by atoms with Gasteiger partial charge in [0, 0.05) is 43.3 Å². The van der Waals surface area contributed by atoms with E-state index in [9.17, 15) is 9.59 Å². The lowest BCUT2D eigenvalue weighted by atomic mass is 10.0. The predicted molar refractivity (Wildman–Crippen MR) is 104 cm³/mol. The molecule has 1 aliphatic heterocycles. The van der Waals surface area contributed by atoms with Gasteiger partial charge >= 0.3 is 0 Å². The van der Waals surface area contributed by atoms with Crippen LogP contribution in [-0.2, 0) is 4.79 Å². The average molecular weight is 382 g/mol. The molecule has 4 N–H and O–H groups in total. The number of aromatic nitrogens is 3. The summed E-state index contributed by atoms with van der Waals surface area (Å²) in [5.74, 6) is -0.225. The molecule has 0 bridgehead atoms. The van der Waals surface area contributed by atoms with E-state index in [-0.39, 0.29) is 23.5 Å². The monoisotopic (exact) mass is 382 g/mol. The van der Waals surface area contributed by atoms with E-state index in [1.807, 2.05) is 24.1 Å². The zero-order valence-electron chi connectivity index (χ0n) is 15.6. The lowest BCUT2D eigenvalue weighted by Gasteiger charge is -2.34. The number of likely N-dealkylation sites (tertiary alicyclic amines) is 1. The number of fused-ring (bicyclic) bond motifs is 1. The molecule has 3 aromatic rings. The summed E-state index contributed by atoms with van der Waals surface area (Å²) in [6.45, 7) is 3.30. The van der Waals surface area contributed by atoms with E-state index in [1.54, 1.807) is 6.20 Å². The van der Waals surface area contributed by atoms with Crippen molar-refractivity contribution in [2.45, 2.75) is 32.2 Å². The number of oxazole rings is 1. The number of aromatic amines is 1. The molecule has 0 saturated carbocycles. The number of hydrogen-bond donors (Lipinski definition) is 3. The number of amides is 2. The Bertz CT molecular complexity index is 1020. The highest BCUT2D eigenvalue weighted by atomic mass is 16.3. The van der Waals surface area contributed by atoms with Crippen LogP contribution in [0.15, 0.2) is 29.1 Å². The van der Waals surface area contributed by atoms with E-state index in [4.69, 9.17) is 10.2 Å². The molecule has 1 atom stereocenters. The van der Waals surface area contributed by atoms with Gasteiger partial charge < -0.3 is 25.4 Å². The van der Waals surface area contributed by atoms with Gasteiger partial charge in [0.05, 0.1) is 11.3 Å². The summed E-state index contributed by atoms with van der Waals surface area (Å²) < 4.78 is 5.48. The molecular formula is C19H22N6O3. The molecular weight excluding hydrogens is 360 g/mol. The highest BCUT2D eigenvalue weighted by Gasteiger charge is 2.25. The molecule has 9 heteroatoms. The number of nitrogens with one attached hydrogen (secondary N) is 2. The van der Waals surface area contributed by atoms with Gasteiger partial charge in [-0.3, -0.25) is 9.59 Å². The number of primary amides is 1. The first-order chi connectivity index (χ1) is 13.6. The van der Waals surface area contributed by atoms with E-state index >= 15 is 0 Å². The Balaban J connectivity index is 1.69. The Hall–Kier alpha value is -3.36. The van der Waals surface area contributed by atoms with Crippen LogP contribution >= 0.6 is 0 Å². The third kappa shape index (κ3) is 3.30. The Labute approximate surface area is 161 Å². The fourth-order valence-corrected chi connectivity index (χ4v) is 3.59. The van der Waals surface area contributed by atoms with Crippen LogP contribution in [0.2, 0.25) is 0 Å². The summed E-state index contributed by atoms with van der Waals surface area (Å²) in [6, 6.07) is 2.01. The zero-order valence-corrected chi connectivity index (χ0v) is 15.6. The number of piperidine rings is 1. The lowest BCUT2D eigenvalue weighted by Crippen LogP contribution is -2.45. The maximum Gasteiger partial charge on any atom is 0.270 e. The summed E-state index contributed by atoms with van der Waals surface area (Å²) in [4.78, 5) is 37.1. The number of carbonyl (C=O) groups excluding carboxylic acids is 2. The number of nitrogens with two attached hydrogens (primary N) is 1. The first kappa shape index (κ1) is 18.0. The number of pyridine rings is 1. The van der Waals surface area contributed by atoms with Crippen LogP contribution in [0.4, 0.5) is 5.69 Å². The number of nitrogens with zero attached hydrogens (tertiary/aromatic N) is 3. The van der Waals surface area contributed by atoms with Crippen LogP contribution in [-0.4, -0.2) is 50.8 Å². The van der Waals surface area contributed by atoms with Gasteiger partial charge in [0.15, 0.2) is 5.69 Å².